The number of hydrogen-bond acceptors (Lipinski definition) is 5. The molecule has 0 spiro atoms. The van der Waals surface area contributed by atoms with Crippen molar-refractivity contribution in [3.05, 3.63) is 76.9 Å². The van der Waals surface area contributed by atoms with Crippen molar-refractivity contribution in [2.75, 3.05) is 18.5 Å². The minimum atomic E-state index is -0.322. The maximum atomic E-state index is 12.5. The third-order valence-electron chi connectivity index (χ3n) is 3.85. The summed E-state index contributed by atoms with van der Waals surface area (Å²) in [5.74, 6) is 0.972. The molecule has 2 aromatic carbocycles. The van der Waals surface area contributed by atoms with Gasteiger partial charge in [-0.3, -0.25) is 9.59 Å². The van der Waals surface area contributed by atoms with Crippen LogP contribution in [0.15, 0.2) is 71.3 Å². The molecule has 0 fully saturated rings. The summed E-state index contributed by atoms with van der Waals surface area (Å²) in [5.41, 5.74) is 0.924. The lowest BCUT2D eigenvalue weighted by molar-refractivity contribution is -0.122. The van der Waals surface area contributed by atoms with E-state index in [0.29, 0.717) is 35.2 Å². The average Bonchev–Trinajstić information content (AvgIpc) is 2.73. The number of carbonyl (C=O) groups excluding carboxylic acids is 2. The van der Waals surface area contributed by atoms with Crippen molar-refractivity contribution in [3.8, 4) is 17.4 Å². The Morgan fingerprint density at radius 2 is 1.83 bits per heavy atom. The zero-order valence-electron chi connectivity index (χ0n) is 16.2. The molecule has 2 N–H and O–H groups in total. The summed E-state index contributed by atoms with van der Waals surface area (Å²) >= 11 is 3.38. The number of ether oxygens (including phenoxy) is 2. The minimum absolute atomic E-state index is 0.0887. The van der Waals surface area contributed by atoms with E-state index in [4.69, 9.17) is 9.47 Å². The van der Waals surface area contributed by atoms with Gasteiger partial charge in [-0.2, -0.15) is 0 Å². The first kappa shape index (κ1) is 21.3. The number of carbonyl (C=O) groups is 2. The number of hydrogen-bond donors (Lipinski definition) is 2. The van der Waals surface area contributed by atoms with Crippen LogP contribution in [-0.4, -0.2) is 29.9 Å². The number of halogens is 1. The van der Waals surface area contributed by atoms with Gasteiger partial charge >= 0.3 is 0 Å². The van der Waals surface area contributed by atoms with E-state index >= 15 is 0 Å². The molecule has 1 aromatic heterocycles. The number of nitrogens with one attached hydrogen (secondary N) is 2. The first-order chi connectivity index (χ1) is 14.5. The molecule has 154 valence electrons. The second-order valence-electron chi connectivity index (χ2n) is 6.17. The zero-order chi connectivity index (χ0) is 21.3. The predicted octanol–water partition coefficient (Wildman–Crippen LogP) is 4.40. The van der Waals surface area contributed by atoms with Crippen LogP contribution in [0.4, 0.5) is 5.69 Å². The largest absolute Gasteiger partial charge is 0.484 e. The molecule has 0 aliphatic heterocycles. The highest BCUT2D eigenvalue weighted by molar-refractivity contribution is 9.10. The van der Waals surface area contributed by atoms with Crippen molar-refractivity contribution in [2.24, 2.45) is 0 Å². The van der Waals surface area contributed by atoms with E-state index in [1.54, 1.807) is 36.4 Å². The van der Waals surface area contributed by atoms with Crippen molar-refractivity contribution in [2.45, 2.75) is 6.92 Å². The van der Waals surface area contributed by atoms with Crippen LogP contribution in [0.5, 0.6) is 17.4 Å². The molecule has 7 nitrogen and oxygen atoms in total. The lowest BCUT2D eigenvalue weighted by Gasteiger charge is -2.10. The highest BCUT2D eigenvalue weighted by atomic mass is 79.9. The highest BCUT2D eigenvalue weighted by Crippen LogP contribution is 2.23. The number of anilines is 1. The van der Waals surface area contributed by atoms with E-state index in [-0.39, 0.29) is 18.4 Å². The molecular weight excluding hydrogens is 450 g/mol. The van der Waals surface area contributed by atoms with Crippen LogP contribution >= 0.6 is 15.9 Å². The van der Waals surface area contributed by atoms with Gasteiger partial charge in [-0.05, 0) is 43.3 Å². The van der Waals surface area contributed by atoms with Gasteiger partial charge in [-0.1, -0.05) is 28.1 Å². The van der Waals surface area contributed by atoms with Gasteiger partial charge in [0.1, 0.15) is 11.5 Å². The van der Waals surface area contributed by atoms with Crippen LogP contribution < -0.4 is 20.1 Å². The number of likely N-dealkylation sites (N-methyl/N-ethyl adjacent to an activating group) is 1. The lowest BCUT2D eigenvalue weighted by atomic mass is 10.2. The molecule has 3 aromatic rings. The fourth-order valence-electron chi connectivity index (χ4n) is 2.49. The highest BCUT2D eigenvalue weighted by Gasteiger charge is 2.09. The Hall–Kier alpha value is -3.39. The monoisotopic (exact) mass is 469 g/mol. The third-order valence-corrected chi connectivity index (χ3v) is 4.35. The Morgan fingerprint density at radius 1 is 1.03 bits per heavy atom. The summed E-state index contributed by atoms with van der Waals surface area (Å²) in [4.78, 5) is 28.2. The van der Waals surface area contributed by atoms with Crippen LogP contribution in [0.3, 0.4) is 0 Å². The molecular formula is C22H20BrN3O4. The van der Waals surface area contributed by atoms with E-state index in [9.17, 15) is 9.59 Å². The van der Waals surface area contributed by atoms with Crippen molar-refractivity contribution >= 4 is 33.4 Å². The van der Waals surface area contributed by atoms with Crippen LogP contribution in [-0.2, 0) is 4.79 Å². The molecule has 0 atom stereocenters. The van der Waals surface area contributed by atoms with E-state index in [0.717, 1.165) is 4.47 Å². The predicted molar refractivity (Wildman–Crippen MR) is 117 cm³/mol. The second kappa shape index (κ2) is 10.4. The van der Waals surface area contributed by atoms with Crippen molar-refractivity contribution in [3.63, 3.8) is 0 Å². The Labute approximate surface area is 182 Å². The number of pyridine rings is 1. The van der Waals surface area contributed by atoms with Crippen molar-refractivity contribution < 1.29 is 19.1 Å². The van der Waals surface area contributed by atoms with Gasteiger partial charge in [-0.25, -0.2) is 4.98 Å². The summed E-state index contributed by atoms with van der Waals surface area (Å²) in [6, 6.07) is 17.5. The normalized spacial score (nSPS) is 10.2. The first-order valence-electron chi connectivity index (χ1n) is 9.24. The maximum Gasteiger partial charge on any atom is 0.257 e. The Bertz CT molecular complexity index is 1020. The number of benzene rings is 2. The molecule has 0 aliphatic carbocycles. The SMILES string of the molecule is CCNC(=O)COc1cccc(NC(=O)c2ccc(Oc3cccc(Br)c3)nc2)c1. The average molecular weight is 470 g/mol. The number of rotatable bonds is 8. The van der Waals surface area contributed by atoms with Gasteiger partial charge in [0.25, 0.3) is 11.8 Å². The van der Waals surface area contributed by atoms with Crippen LogP contribution in [0.25, 0.3) is 0 Å². The molecule has 0 radical (unpaired) electrons. The molecule has 8 heteroatoms. The smallest absolute Gasteiger partial charge is 0.257 e. The van der Waals surface area contributed by atoms with E-state index < -0.39 is 0 Å². The fourth-order valence-corrected chi connectivity index (χ4v) is 2.87. The molecule has 0 saturated carbocycles. The van der Waals surface area contributed by atoms with Crippen molar-refractivity contribution in [1.82, 2.24) is 10.3 Å². The quantitative estimate of drug-likeness (QED) is 0.510. The minimum Gasteiger partial charge on any atom is -0.484 e. The number of aromatic nitrogens is 1. The molecule has 2 amide bonds. The number of amides is 2. The summed E-state index contributed by atoms with van der Waals surface area (Å²) in [7, 11) is 0. The Morgan fingerprint density at radius 3 is 2.57 bits per heavy atom. The van der Waals surface area contributed by atoms with E-state index in [1.807, 2.05) is 31.2 Å². The Kier molecular flexibility index (Phi) is 7.40. The maximum absolute atomic E-state index is 12.5. The molecule has 0 bridgehead atoms. The van der Waals surface area contributed by atoms with Gasteiger partial charge < -0.3 is 20.1 Å². The van der Waals surface area contributed by atoms with Gasteiger partial charge in [-0.15, -0.1) is 0 Å². The van der Waals surface area contributed by atoms with Crippen molar-refractivity contribution in [1.29, 1.82) is 0 Å². The summed E-state index contributed by atoms with van der Waals surface area (Å²) in [5, 5.41) is 5.43. The van der Waals surface area contributed by atoms with Gasteiger partial charge in [0.05, 0.1) is 5.56 Å². The lowest BCUT2D eigenvalue weighted by Crippen LogP contribution is -2.28. The molecule has 0 unspecified atom stereocenters. The van der Waals surface area contributed by atoms with E-state index in [1.165, 1.54) is 6.20 Å². The molecule has 3 rings (SSSR count). The summed E-state index contributed by atoms with van der Waals surface area (Å²) in [6.45, 7) is 2.29. The topological polar surface area (TPSA) is 89.6 Å². The number of nitrogens with zero attached hydrogens (tertiary/aromatic N) is 1. The van der Waals surface area contributed by atoms with Gasteiger partial charge in [0, 0.05) is 35.0 Å². The molecule has 0 saturated heterocycles. The van der Waals surface area contributed by atoms with Crippen LogP contribution in [0.2, 0.25) is 0 Å². The zero-order valence-corrected chi connectivity index (χ0v) is 17.8. The standard InChI is InChI=1S/C22H20BrN3O4/c1-2-24-20(27)14-29-18-7-4-6-17(12-18)26-22(28)15-9-10-21(25-13-15)30-19-8-3-5-16(23)11-19/h3-13H,2,14H2,1H3,(H,24,27)(H,26,28). The summed E-state index contributed by atoms with van der Waals surface area (Å²) < 4.78 is 12.0. The van der Waals surface area contributed by atoms with Gasteiger partial charge in [0.15, 0.2) is 6.61 Å². The third kappa shape index (κ3) is 6.31. The fraction of sp³-hybridized carbons (Fsp3) is 0.136. The first-order valence-corrected chi connectivity index (χ1v) is 10.0. The van der Waals surface area contributed by atoms with E-state index in [2.05, 4.69) is 31.5 Å². The second-order valence-corrected chi connectivity index (χ2v) is 7.08. The molecule has 0 aliphatic rings. The molecule has 1 heterocycles. The molecule has 30 heavy (non-hydrogen) atoms. The van der Waals surface area contributed by atoms with Crippen LogP contribution in [0, 0.1) is 0 Å². The van der Waals surface area contributed by atoms with Crippen LogP contribution in [0.1, 0.15) is 17.3 Å². The Balaban J connectivity index is 1.59. The van der Waals surface area contributed by atoms with Gasteiger partial charge in [0.2, 0.25) is 5.88 Å². The summed E-state index contributed by atoms with van der Waals surface area (Å²) in [6.07, 6.45) is 1.44.